The van der Waals surface area contributed by atoms with Crippen molar-refractivity contribution in [2.24, 2.45) is 5.16 Å². The Morgan fingerprint density at radius 1 is 1.03 bits per heavy atom. The number of hydrogen-bond donors (Lipinski definition) is 3. The van der Waals surface area contributed by atoms with Crippen molar-refractivity contribution >= 4 is 23.0 Å². The fourth-order valence-corrected chi connectivity index (χ4v) is 3.33. The zero-order valence-corrected chi connectivity index (χ0v) is 18.5. The maximum absolute atomic E-state index is 12.4. The van der Waals surface area contributed by atoms with Gasteiger partial charge in [0, 0.05) is 29.6 Å². The minimum atomic E-state index is -0.681. The molecule has 0 unspecified atom stereocenters. The Morgan fingerprint density at radius 2 is 1.61 bits per heavy atom. The fraction of sp³-hybridized carbons (Fsp3) is 0.120. The van der Waals surface area contributed by atoms with Crippen LogP contribution in [0.25, 0.3) is 33.3 Å². The first kappa shape index (κ1) is 23.4. The molecule has 2 aromatic heterocycles. The van der Waals surface area contributed by atoms with Crippen LogP contribution in [-0.2, 0) is 0 Å². The van der Waals surface area contributed by atoms with Crippen LogP contribution in [0, 0.1) is 6.92 Å². The van der Waals surface area contributed by atoms with Crippen molar-refractivity contribution in [1.29, 1.82) is 0 Å². The highest BCUT2D eigenvalue weighted by molar-refractivity contribution is 6.09. The van der Waals surface area contributed by atoms with Crippen molar-refractivity contribution in [2.45, 2.75) is 13.8 Å². The highest BCUT2D eigenvalue weighted by Gasteiger charge is 2.22. The van der Waals surface area contributed by atoms with E-state index in [4.69, 9.17) is 9.94 Å². The Labute approximate surface area is 191 Å². The number of nitrogens with zero attached hydrogens (tertiary/aromatic N) is 3. The van der Waals surface area contributed by atoms with Crippen LogP contribution in [0.4, 0.5) is 0 Å². The molecule has 0 aliphatic carbocycles. The quantitative estimate of drug-likeness (QED) is 0.179. The number of amides is 1. The smallest absolute Gasteiger partial charge is 0.279 e. The molecule has 2 aromatic carbocycles. The summed E-state index contributed by atoms with van der Waals surface area (Å²) in [7, 11) is 1.47. The normalized spacial score (nSPS) is 10.5. The summed E-state index contributed by atoms with van der Waals surface area (Å²) in [4.78, 5) is 21.1. The molecule has 1 amide bonds. The molecule has 8 nitrogen and oxygen atoms in total. The molecule has 0 atom stereocenters. The molecular formula is C25H24N4O4. The molecule has 33 heavy (non-hydrogen) atoms. The molecule has 4 aromatic rings. The number of fused-ring (bicyclic) bond motifs is 1. The Bertz CT molecular complexity index is 1270. The lowest BCUT2D eigenvalue weighted by atomic mass is 9.99. The van der Waals surface area contributed by atoms with E-state index in [0.717, 1.165) is 16.7 Å². The third-order valence-electron chi connectivity index (χ3n) is 4.93. The molecule has 8 heteroatoms. The summed E-state index contributed by atoms with van der Waals surface area (Å²) < 4.78 is 5.53. The maximum atomic E-state index is 12.4. The number of hydrogen-bond acceptors (Lipinski definition) is 7. The first-order valence-corrected chi connectivity index (χ1v) is 10.1. The summed E-state index contributed by atoms with van der Waals surface area (Å²) in [5.41, 5.74) is 7.16. The van der Waals surface area contributed by atoms with E-state index in [2.05, 4.69) is 46.3 Å². The third kappa shape index (κ3) is 5.13. The topological polar surface area (TPSA) is 117 Å². The number of pyridine rings is 2. The number of methoxy groups -OCH3 is 1. The van der Waals surface area contributed by atoms with E-state index in [0.29, 0.717) is 16.6 Å². The number of benzene rings is 2. The Hall–Kier alpha value is -4.30. The summed E-state index contributed by atoms with van der Waals surface area (Å²) in [5, 5.41) is 19.8. The molecule has 0 saturated heterocycles. The Morgan fingerprint density at radius 3 is 2.15 bits per heavy atom. The predicted octanol–water partition coefficient (Wildman–Crippen LogP) is 4.87. The van der Waals surface area contributed by atoms with Crippen molar-refractivity contribution < 1.29 is 19.9 Å². The number of oxime groups is 1. The standard InChI is InChI=1S/C23H19N3O3.C2H5NO/c1-14-3-5-15(6-4-14)16-7-9-17(10-8-16)21-22(29-2)20(23(27)26-28)18-13-24-12-11-19(18)25-21;1-2-3-4/h3-13,28H,1-2H3,(H,26,27);2,4H,1H3/b;3-2+. The number of aromatic nitrogens is 2. The van der Waals surface area contributed by atoms with Gasteiger partial charge in [0.2, 0.25) is 0 Å². The second-order valence-electron chi connectivity index (χ2n) is 7.02. The van der Waals surface area contributed by atoms with Gasteiger partial charge in [-0.2, -0.15) is 0 Å². The zero-order chi connectivity index (χ0) is 23.8. The predicted molar refractivity (Wildman–Crippen MR) is 127 cm³/mol. The summed E-state index contributed by atoms with van der Waals surface area (Å²) in [5.74, 6) is -0.403. The lowest BCUT2D eigenvalue weighted by Gasteiger charge is -2.15. The van der Waals surface area contributed by atoms with E-state index in [-0.39, 0.29) is 11.3 Å². The van der Waals surface area contributed by atoms with Crippen LogP contribution >= 0.6 is 0 Å². The van der Waals surface area contributed by atoms with Gasteiger partial charge in [0.25, 0.3) is 5.91 Å². The van der Waals surface area contributed by atoms with Gasteiger partial charge in [0.05, 0.1) is 18.2 Å². The monoisotopic (exact) mass is 444 g/mol. The highest BCUT2D eigenvalue weighted by atomic mass is 16.5. The largest absolute Gasteiger partial charge is 0.494 e. The van der Waals surface area contributed by atoms with E-state index >= 15 is 0 Å². The second-order valence-corrected chi connectivity index (χ2v) is 7.02. The van der Waals surface area contributed by atoms with Crippen molar-refractivity contribution in [3.05, 3.63) is 78.1 Å². The van der Waals surface area contributed by atoms with Gasteiger partial charge in [-0.3, -0.25) is 15.0 Å². The molecule has 0 bridgehead atoms. The number of nitrogens with one attached hydrogen (secondary N) is 1. The molecule has 0 aliphatic rings. The summed E-state index contributed by atoms with van der Waals surface area (Å²) in [6.07, 6.45) is 4.44. The number of hydroxylamine groups is 1. The molecule has 0 saturated carbocycles. The van der Waals surface area contributed by atoms with Gasteiger partial charge >= 0.3 is 0 Å². The van der Waals surface area contributed by atoms with Crippen LogP contribution in [0.1, 0.15) is 22.8 Å². The Kier molecular flexibility index (Phi) is 7.67. The van der Waals surface area contributed by atoms with Gasteiger partial charge in [-0.15, -0.1) is 5.16 Å². The average molecular weight is 444 g/mol. The van der Waals surface area contributed by atoms with Crippen LogP contribution in [0.5, 0.6) is 5.75 Å². The second kappa shape index (κ2) is 10.8. The molecule has 0 aliphatic heterocycles. The highest BCUT2D eigenvalue weighted by Crippen LogP contribution is 2.36. The van der Waals surface area contributed by atoms with Crippen LogP contribution in [-0.4, -0.2) is 39.6 Å². The van der Waals surface area contributed by atoms with Crippen molar-refractivity contribution in [2.75, 3.05) is 7.11 Å². The van der Waals surface area contributed by atoms with Gasteiger partial charge in [-0.1, -0.05) is 54.1 Å². The molecule has 0 spiro atoms. The third-order valence-corrected chi connectivity index (χ3v) is 4.93. The number of aryl methyl sites for hydroxylation is 1. The molecule has 4 rings (SSSR count). The number of rotatable bonds is 4. The first-order valence-electron chi connectivity index (χ1n) is 10.1. The van der Waals surface area contributed by atoms with E-state index in [1.165, 1.54) is 25.1 Å². The summed E-state index contributed by atoms with van der Waals surface area (Å²) in [6.45, 7) is 3.69. The van der Waals surface area contributed by atoms with E-state index in [1.54, 1.807) is 24.7 Å². The van der Waals surface area contributed by atoms with E-state index in [9.17, 15) is 10.0 Å². The van der Waals surface area contributed by atoms with Crippen molar-refractivity contribution in [3.63, 3.8) is 0 Å². The molecule has 168 valence electrons. The van der Waals surface area contributed by atoms with Crippen LogP contribution in [0.2, 0.25) is 0 Å². The molecule has 3 N–H and O–H groups in total. The zero-order valence-electron chi connectivity index (χ0n) is 18.5. The minimum absolute atomic E-state index is 0.186. The summed E-state index contributed by atoms with van der Waals surface area (Å²) >= 11 is 0. The number of carbonyl (C=O) groups is 1. The molecule has 0 radical (unpaired) electrons. The van der Waals surface area contributed by atoms with Crippen LogP contribution in [0.15, 0.2) is 72.1 Å². The first-order chi connectivity index (χ1) is 16.0. The molecular weight excluding hydrogens is 420 g/mol. The Balaban J connectivity index is 0.000000709. The average Bonchev–Trinajstić information content (AvgIpc) is 2.87. The van der Waals surface area contributed by atoms with Gasteiger partial charge in [-0.25, -0.2) is 10.5 Å². The van der Waals surface area contributed by atoms with Gasteiger partial charge in [0.15, 0.2) is 5.75 Å². The van der Waals surface area contributed by atoms with Gasteiger partial charge in [-0.05, 0) is 31.0 Å². The molecule has 2 heterocycles. The lowest BCUT2D eigenvalue weighted by molar-refractivity contribution is 0.0705. The van der Waals surface area contributed by atoms with Gasteiger partial charge in [0.1, 0.15) is 5.69 Å². The van der Waals surface area contributed by atoms with E-state index in [1.807, 2.05) is 24.3 Å². The van der Waals surface area contributed by atoms with Crippen LogP contribution in [0.3, 0.4) is 0 Å². The summed E-state index contributed by atoms with van der Waals surface area (Å²) in [6, 6.07) is 17.9. The van der Waals surface area contributed by atoms with E-state index < -0.39 is 5.91 Å². The van der Waals surface area contributed by atoms with Crippen molar-refractivity contribution in [1.82, 2.24) is 15.4 Å². The van der Waals surface area contributed by atoms with Crippen molar-refractivity contribution in [3.8, 4) is 28.1 Å². The van der Waals surface area contributed by atoms with Gasteiger partial charge < -0.3 is 9.94 Å². The SMILES string of the molecule is C/C=N/O.COc1c(-c2ccc(-c3ccc(C)cc3)cc2)nc2ccncc2c1C(=O)NO. The molecule has 0 fully saturated rings. The van der Waals surface area contributed by atoms with Crippen LogP contribution < -0.4 is 10.2 Å². The number of carbonyl (C=O) groups excluding carboxylic acids is 1. The fourth-order valence-electron chi connectivity index (χ4n) is 3.33. The minimum Gasteiger partial charge on any atom is -0.494 e. The maximum Gasteiger partial charge on any atom is 0.279 e. The number of ether oxygens (including phenoxy) is 1. The lowest BCUT2D eigenvalue weighted by Crippen LogP contribution is -2.20.